The second-order valence-corrected chi connectivity index (χ2v) is 10.0. The van der Waals surface area contributed by atoms with Crippen molar-refractivity contribution in [2.75, 3.05) is 32.0 Å². The Hall–Kier alpha value is -2.26. The Morgan fingerprint density at radius 2 is 2.03 bits per heavy atom. The Morgan fingerprint density at radius 1 is 1.26 bits per heavy atom. The number of likely N-dealkylation sites (tertiary alicyclic amines) is 1. The van der Waals surface area contributed by atoms with Gasteiger partial charge in [0.15, 0.2) is 5.13 Å². The molecule has 0 unspecified atom stereocenters. The molecule has 31 heavy (non-hydrogen) atoms. The van der Waals surface area contributed by atoms with Crippen LogP contribution in [-0.2, 0) is 31.1 Å². The smallest absolute Gasteiger partial charge is 0.254 e. The van der Waals surface area contributed by atoms with Gasteiger partial charge in [-0.1, -0.05) is 6.92 Å². The molecule has 8 nitrogen and oxygen atoms in total. The number of nitrogens with zero attached hydrogens (tertiary/aromatic N) is 4. The number of carbonyl (C=O) groups is 2. The lowest BCUT2D eigenvalue weighted by molar-refractivity contribution is -0.117. The van der Waals surface area contributed by atoms with Crippen LogP contribution in [0.5, 0.6) is 0 Å². The van der Waals surface area contributed by atoms with Crippen molar-refractivity contribution in [1.82, 2.24) is 25.0 Å². The third kappa shape index (κ3) is 5.33. The molecule has 0 spiro atoms. The molecule has 2 aromatic heterocycles. The molecule has 3 heterocycles. The Labute approximate surface area is 187 Å². The maximum atomic E-state index is 12.5. The van der Waals surface area contributed by atoms with E-state index in [-0.39, 0.29) is 11.8 Å². The second-order valence-electron chi connectivity index (χ2n) is 8.95. The summed E-state index contributed by atoms with van der Waals surface area (Å²) in [5.74, 6) is 1.11. The summed E-state index contributed by atoms with van der Waals surface area (Å²) in [6.07, 6.45) is 7.86. The van der Waals surface area contributed by atoms with Crippen LogP contribution < -0.4 is 10.6 Å². The van der Waals surface area contributed by atoms with Crippen molar-refractivity contribution >= 4 is 28.3 Å². The van der Waals surface area contributed by atoms with Crippen LogP contribution in [0.3, 0.4) is 0 Å². The van der Waals surface area contributed by atoms with Crippen LogP contribution in [-0.4, -0.2) is 58.2 Å². The molecule has 1 aliphatic heterocycles. The summed E-state index contributed by atoms with van der Waals surface area (Å²) < 4.78 is 1.70. The van der Waals surface area contributed by atoms with Crippen LogP contribution in [0.1, 0.15) is 52.8 Å². The number of carbonyl (C=O) groups excluding carboxylic acids is 2. The van der Waals surface area contributed by atoms with Gasteiger partial charge in [-0.2, -0.15) is 5.10 Å². The number of aryl methyl sites for hydroxylation is 2. The van der Waals surface area contributed by atoms with E-state index in [9.17, 15) is 9.59 Å². The Morgan fingerprint density at radius 3 is 2.77 bits per heavy atom. The minimum atomic E-state index is -0.0875. The average Bonchev–Trinajstić information content (AvgIpc) is 3.30. The average molecular weight is 445 g/mol. The standard InChI is InChI=1S/C22H32N6O2S/c1-14-4-5-17-19(10-14)31-22(24-17)25-20(29)13-28-8-6-15(7-9-28)11-18-16(21(30)23-2)12-27(3)26-18/h12,14-15H,4-11,13H2,1-3H3,(H,23,30)(H,24,25,29)/t14-/m0/s1. The van der Waals surface area contributed by atoms with E-state index < -0.39 is 0 Å². The zero-order valence-electron chi connectivity index (χ0n) is 18.6. The molecule has 4 rings (SSSR count). The molecule has 0 radical (unpaired) electrons. The SMILES string of the molecule is CNC(=O)c1cn(C)nc1CC1CCN(CC(=O)Nc2nc3c(s2)C[C@@H](C)CC3)CC1. The summed E-state index contributed by atoms with van der Waals surface area (Å²) in [5, 5.41) is 10.9. The van der Waals surface area contributed by atoms with Crippen molar-refractivity contribution in [3.05, 3.63) is 28.0 Å². The summed E-state index contributed by atoms with van der Waals surface area (Å²) in [4.78, 5) is 32.8. The highest BCUT2D eigenvalue weighted by Gasteiger charge is 2.25. The molecule has 9 heteroatoms. The number of amides is 2. The normalized spacial score (nSPS) is 19.8. The molecule has 1 aliphatic carbocycles. The lowest BCUT2D eigenvalue weighted by Crippen LogP contribution is -2.39. The van der Waals surface area contributed by atoms with Gasteiger partial charge in [-0.25, -0.2) is 4.98 Å². The van der Waals surface area contributed by atoms with Crippen LogP contribution in [0.4, 0.5) is 5.13 Å². The second kappa shape index (κ2) is 9.48. The van der Waals surface area contributed by atoms with Gasteiger partial charge in [0.2, 0.25) is 5.91 Å². The summed E-state index contributed by atoms with van der Waals surface area (Å²) in [6.45, 7) is 4.44. The van der Waals surface area contributed by atoms with Crippen LogP contribution in [0.15, 0.2) is 6.20 Å². The van der Waals surface area contributed by atoms with E-state index >= 15 is 0 Å². The first-order valence-electron chi connectivity index (χ1n) is 11.2. The number of hydrogen-bond donors (Lipinski definition) is 2. The van der Waals surface area contributed by atoms with Gasteiger partial charge in [-0.05, 0) is 63.5 Å². The van der Waals surface area contributed by atoms with Crippen molar-refractivity contribution < 1.29 is 9.59 Å². The Kier molecular flexibility index (Phi) is 6.71. The molecule has 2 aromatic rings. The van der Waals surface area contributed by atoms with E-state index in [1.165, 1.54) is 17.0 Å². The minimum Gasteiger partial charge on any atom is -0.355 e. The van der Waals surface area contributed by atoms with Gasteiger partial charge in [0.05, 0.1) is 23.5 Å². The molecule has 0 saturated carbocycles. The van der Waals surface area contributed by atoms with Gasteiger partial charge in [-0.3, -0.25) is 19.2 Å². The molecule has 2 N–H and O–H groups in total. The number of anilines is 1. The summed E-state index contributed by atoms with van der Waals surface area (Å²) >= 11 is 1.64. The number of fused-ring (bicyclic) bond motifs is 1. The zero-order chi connectivity index (χ0) is 22.0. The van der Waals surface area contributed by atoms with Gasteiger partial charge in [0.25, 0.3) is 5.91 Å². The number of aromatic nitrogens is 3. The quantitative estimate of drug-likeness (QED) is 0.713. The highest BCUT2D eigenvalue weighted by Crippen LogP contribution is 2.32. The number of hydrogen-bond acceptors (Lipinski definition) is 6. The third-order valence-corrected chi connectivity index (χ3v) is 7.40. The molecule has 0 bridgehead atoms. The maximum absolute atomic E-state index is 12.5. The minimum absolute atomic E-state index is 0.0178. The van der Waals surface area contributed by atoms with E-state index in [0.29, 0.717) is 23.9 Å². The first kappa shape index (κ1) is 22.0. The van der Waals surface area contributed by atoms with Crippen molar-refractivity contribution in [2.24, 2.45) is 18.9 Å². The zero-order valence-corrected chi connectivity index (χ0v) is 19.4. The van der Waals surface area contributed by atoms with Crippen molar-refractivity contribution in [2.45, 2.75) is 45.4 Å². The monoisotopic (exact) mass is 444 g/mol. The Balaban J connectivity index is 1.25. The van der Waals surface area contributed by atoms with E-state index in [1.807, 2.05) is 7.05 Å². The number of nitrogens with one attached hydrogen (secondary N) is 2. The molecule has 1 atom stereocenters. The summed E-state index contributed by atoms with van der Waals surface area (Å²) in [6, 6.07) is 0. The Bertz CT molecular complexity index is 944. The topological polar surface area (TPSA) is 92.2 Å². The van der Waals surface area contributed by atoms with Crippen molar-refractivity contribution in [3.63, 3.8) is 0 Å². The van der Waals surface area contributed by atoms with Gasteiger partial charge in [0.1, 0.15) is 0 Å². The predicted molar refractivity (Wildman–Crippen MR) is 121 cm³/mol. The van der Waals surface area contributed by atoms with Gasteiger partial charge in [-0.15, -0.1) is 11.3 Å². The fourth-order valence-electron chi connectivity index (χ4n) is 4.59. The predicted octanol–water partition coefficient (Wildman–Crippen LogP) is 2.25. The fraction of sp³-hybridized carbons (Fsp3) is 0.636. The molecule has 1 fully saturated rings. The number of piperidine rings is 1. The molecular weight excluding hydrogens is 412 g/mol. The third-order valence-electron chi connectivity index (χ3n) is 6.37. The van der Waals surface area contributed by atoms with E-state index in [0.717, 1.165) is 56.0 Å². The highest BCUT2D eigenvalue weighted by molar-refractivity contribution is 7.15. The molecule has 2 amide bonds. The first-order chi connectivity index (χ1) is 14.9. The largest absolute Gasteiger partial charge is 0.355 e. The van der Waals surface area contributed by atoms with Crippen molar-refractivity contribution in [3.8, 4) is 0 Å². The fourth-order valence-corrected chi connectivity index (χ4v) is 5.77. The molecule has 168 valence electrons. The summed E-state index contributed by atoms with van der Waals surface area (Å²) in [7, 11) is 3.49. The number of thiazole rings is 1. The van der Waals surface area contributed by atoms with E-state index in [1.54, 1.807) is 29.3 Å². The van der Waals surface area contributed by atoms with E-state index in [2.05, 4.69) is 32.5 Å². The molecule has 1 saturated heterocycles. The molecular formula is C22H32N6O2S. The molecule has 0 aromatic carbocycles. The molecule has 2 aliphatic rings. The first-order valence-corrected chi connectivity index (χ1v) is 12.0. The van der Waals surface area contributed by atoms with Crippen molar-refractivity contribution in [1.29, 1.82) is 0 Å². The van der Waals surface area contributed by atoms with Gasteiger partial charge >= 0.3 is 0 Å². The lowest BCUT2D eigenvalue weighted by atomic mass is 9.91. The van der Waals surface area contributed by atoms with Gasteiger partial charge < -0.3 is 10.6 Å². The van der Waals surface area contributed by atoms with Crippen LogP contribution >= 0.6 is 11.3 Å². The maximum Gasteiger partial charge on any atom is 0.254 e. The lowest BCUT2D eigenvalue weighted by Gasteiger charge is -2.31. The van der Waals surface area contributed by atoms with E-state index in [4.69, 9.17) is 0 Å². The van der Waals surface area contributed by atoms with Crippen LogP contribution in [0.25, 0.3) is 0 Å². The van der Waals surface area contributed by atoms with Gasteiger partial charge in [0, 0.05) is 25.2 Å². The highest BCUT2D eigenvalue weighted by atomic mass is 32.1. The summed E-state index contributed by atoms with van der Waals surface area (Å²) in [5.41, 5.74) is 2.69. The van der Waals surface area contributed by atoms with Crippen LogP contribution in [0, 0.1) is 11.8 Å². The van der Waals surface area contributed by atoms with Crippen LogP contribution in [0.2, 0.25) is 0 Å². The number of rotatable bonds is 6.